The molecule has 0 aromatic rings. The summed E-state index contributed by atoms with van der Waals surface area (Å²) in [6.45, 7) is 8.29. The molecule has 1 N–H and O–H groups in total. The molecule has 2 nitrogen and oxygen atoms in total. The van der Waals surface area contributed by atoms with Gasteiger partial charge in [-0.15, -0.1) is 0 Å². The first-order valence-electron chi connectivity index (χ1n) is 6.93. The van der Waals surface area contributed by atoms with Gasteiger partial charge in [0, 0.05) is 13.1 Å². The van der Waals surface area contributed by atoms with Crippen LogP contribution in [0.2, 0.25) is 0 Å². The number of nitrogens with zero attached hydrogens (tertiary/aromatic N) is 1. The van der Waals surface area contributed by atoms with Crippen molar-refractivity contribution in [3.05, 3.63) is 0 Å². The van der Waals surface area contributed by atoms with Gasteiger partial charge in [0.2, 0.25) is 0 Å². The minimum absolute atomic E-state index is 0.538. The lowest BCUT2D eigenvalue weighted by Crippen LogP contribution is -2.45. The molecule has 96 valence electrons. The highest BCUT2D eigenvalue weighted by atomic mass is 15.1. The van der Waals surface area contributed by atoms with Crippen LogP contribution in [0.1, 0.15) is 46.0 Å². The Labute approximate surface area is 102 Å². The number of nitrogens with one attached hydrogen (secondary N) is 1. The number of hydrogen-bond acceptors (Lipinski definition) is 2. The van der Waals surface area contributed by atoms with Crippen molar-refractivity contribution in [1.82, 2.24) is 10.2 Å². The molecule has 0 bridgehead atoms. The van der Waals surface area contributed by atoms with E-state index in [2.05, 4.69) is 38.2 Å². The second-order valence-electron chi connectivity index (χ2n) is 6.12. The maximum Gasteiger partial charge on any atom is 0.00441 e. The molecular formula is C14H30N2. The summed E-state index contributed by atoms with van der Waals surface area (Å²) < 4.78 is 0. The quantitative estimate of drug-likeness (QED) is 0.701. The van der Waals surface area contributed by atoms with Crippen molar-refractivity contribution in [2.75, 3.05) is 33.7 Å². The van der Waals surface area contributed by atoms with E-state index in [1.165, 1.54) is 51.7 Å². The van der Waals surface area contributed by atoms with Crippen LogP contribution >= 0.6 is 0 Å². The molecule has 0 amide bonds. The number of hydrogen-bond donors (Lipinski definition) is 1. The van der Waals surface area contributed by atoms with Gasteiger partial charge in [-0.3, -0.25) is 0 Å². The molecule has 2 unspecified atom stereocenters. The Hall–Kier alpha value is -0.0800. The third-order valence-corrected chi connectivity index (χ3v) is 3.76. The molecule has 0 saturated heterocycles. The molecule has 1 fully saturated rings. The van der Waals surface area contributed by atoms with Crippen LogP contribution in [-0.4, -0.2) is 38.6 Å². The molecule has 1 aliphatic carbocycles. The molecule has 2 heteroatoms. The Bertz CT molecular complexity index is 187. The van der Waals surface area contributed by atoms with Gasteiger partial charge >= 0.3 is 0 Å². The monoisotopic (exact) mass is 226 g/mol. The van der Waals surface area contributed by atoms with Gasteiger partial charge in [0.25, 0.3) is 0 Å². The highest BCUT2D eigenvalue weighted by Crippen LogP contribution is 2.39. The van der Waals surface area contributed by atoms with Crippen molar-refractivity contribution >= 4 is 0 Å². The van der Waals surface area contributed by atoms with Crippen molar-refractivity contribution in [1.29, 1.82) is 0 Å². The lowest BCUT2D eigenvalue weighted by Gasteiger charge is -2.42. The summed E-state index contributed by atoms with van der Waals surface area (Å²) in [6.07, 6.45) is 6.91. The maximum atomic E-state index is 3.64. The molecule has 1 saturated carbocycles. The molecule has 0 aromatic heterocycles. The Morgan fingerprint density at radius 3 is 2.69 bits per heavy atom. The molecule has 0 spiro atoms. The lowest BCUT2D eigenvalue weighted by atomic mass is 9.69. The first kappa shape index (κ1) is 14.0. The van der Waals surface area contributed by atoms with E-state index in [9.17, 15) is 0 Å². The first-order valence-corrected chi connectivity index (χ1v) is 6.93. The van der Waals surface area contributed by atoms with Gasteiger partial charge in [-0.25, -0.2) is 0 Å². The van der Waals surface area contributed by atoms with Crippen molar-refractivity contribution in [3.63, 3.8) is 0 Å². The fourth-order valence-electron chi connectivity index (χ4n) is 3.33. The van der Waals surface area contributed by atoms with Gasteiger partial charge in [0.1, 0.15) is 0 Å². The van der Waals surface area contributed by atoms with E-state index < -0.39 is 0 Å². The second kappa shape index (κ2) is 6.61. The molecule has 16 heavy (non-hydrogen) atoms. The van der Waals surface area contributed by atoms with Crippen LogP contribution in [-0.2, 0) is 0 Å². The standard InChI is InChI=1S/C14H30N2/c1-5-9-15-11-14(12-16(3)4)8-6-7-13(2)10-14/h13,15H,5-12H2,1-4H3. The first-order chi connectivity index (χ1) is 7.58. The van der Waals surface area contributed by atoms with E-state index in [4.69, 9.17) is 0 Å². The largest absolute Gasteiger partial charge is 0.316 e. The van der Waals surface area contributed by atoms with Gasteiger partial charge in [-0.2, -0.15) is 0 Å². The topological polar surface area (TPSA) is 15.3 Å². The lowest BCUT2D eigenvalue weighted by molar-refractivity contribution is 0.102. The molecule has 0 radical (unpaired) electrons. The van der Waals surface area contributed by atoms with E-state index in [1.54, 1.807) is 0 Å². The van der Waals surface area contributed by atoms with Gasteiger partial charge < -0.3 is 10.2 Å². The van der Waals surface area contributed by atoms with Gasteiger partial charge in [0.15, 0.2) is 0 Å². The fourth-order valence-corrected chi connectivity index (χ4v) is 3.33. The highest BCUT2D eigenvalue weighted by Gasteiger charge is 2.34. The van der Waals surface area contributed by atoms with E-state index in [1.807, 2.05) is 0 Å². The summed E-state index contributed by atoms with van der Waals surface area (Å²) in [5.41, 5.74) is 0.538. The Balaban J connectivity index is 2.52. The van der Waals surface area contributed by atoms with Crippen LogP contribution in [0.5, 0.6) is 0 Å². The van der Waals surface area contributed by atoms with Crippen molar-refractivity contribution < 1.29 is 0 Å². The molecule has 0 aliphatic heterocycles. The van der Waals surface area contributed by atoms with E-state index in [0.717, 1.165) is 5.92 Å². The van der Waals surface area contributed by atoms with Crippen LogP contribution in [0.15, 0.2) is 0 Å². The van der Waals surface area contributed by atoms with Gasteiger partial charge in [0.05, 0.1) is 0 Å². The van der Waals surface area contributed by atoms with Crippen LogP contribution < -0.4 is 5.32 Å². The van der Waals surface area contributed by atoms with E-state index in [0.29, 0.717) is 5.41 Å². The zero-order valence-corrected chi connectivity index (χ0v) is 11.7. The summed E-state index contributed by atoms with van der Waals surface area (Å²) in [7, 11) is 4.42. The summed E-state index contributed by atoms with van der Waals surface area (Å²) >= 11 is 0. The predicted molar refractivity (Wildman–Crippen MR) is 71.8 cm³/mol. The maximum absolute atomic E-state index is 3.64. The van der Waals surface area contributed by atoms with E-state index in [-0.39, 0.29) is 0 Å². The third-order valence-electron chi connectivity index (χ3n) is 3.76. The van der Waals surface area contributed by atoms with Crippen LogP contribution in [0.25, 0.3) is 0 Å². The van der Waals surface area contributed by atoms with Crippen molar-refractivity contribution in [2.24, 2.45) is 11.3 Å². The molecule has 1 aliphatic rings. The van der Waals surface area contributed by atoms with Gasteiger partial charge in [-0.1, -0.05) is 26.7 Å². The molecule has 1 rings (SSSR count). The van der Waals surface area contributed by atoms with Crippen LogP contribution in [0.4, 0.5) is 0 Å². The Morgan fingerprint density at radius 1 is 1.38 bits per heavy atom. The average molecular weight is 226 g/mol. The highest BCUT2D eigenvalue weighted by molar-refractivity contribution is 4.89. The molecular weight excluding hydrogens is 196 g/mol. The van der Waals surface area contributed by atoms with E-state index >= 15 is 0 Å². The molecule has 0 heterocycles. The Kier molecular flexibility index (Phi) is 5.77. The minimum atomic E-state index is 0.538. The summed E-state index contributed by atoms with van der Waals surface area (Å²) in [5.74, 6) is 0.914. The smallest absolute Gasteiger partial charge is 0.00441 e. The minimum Gasteiger partial charge on any atom is -0.316 e. The summed E-state index contributed by atoms with van der Waals surface area (Å²) in [4.78, 5) is 2.37. The normalized spacial score (nSPS) is 30.9. The zero-order chi connectivity index (χ0) is 12.0. The average Bonchev–Trinajstić information content (AvgIpc) is 2.16. The summed E-state index contributed by atoms with van der Waals surface area (Å²) in [6, 6.07) is 0. The van der Waals surface area contributed by atoms with Crippen molar-refractivity contribution in [2.45, 2.75) is 46.0 Å². The SMILES string of the molecule is CCCNCC1(CN(C)C)CCCC(C)C1. The predicted octanol–water partition coefficient (Wildman–Crippen LogP) is 2.74. The molecule has 0 aromatic carbocycles. The second-order valence-corrected chi connectivity index (χ2v) is 6.12. The van der Waals surface area contributed by atoms with Crippen LogP contribution in [0.3, 0.4) is 0 Å². The molecule has 2 atom stereocenters. The van der Waals surface area contributed by atoms with Gasteiger partial charge in [-0.05, 0) is 51.2 Å². The van der Waals surface area contributed by atoms with Crippen molar-refractivity contribution in [3.8, 4) is 0 Å². The Morgan fingerprint density at radius 2 is 2.12 bits per heavy atom. The number of rotatable bonds is 6. The van der Waals surface area contributed by atoms with Crippen LogP contribution in [0, 0.1) is 11.3 Å². The summed E-state index contributed by atoms with van der Waals surface area (Å²) in [5, 5.41) is 3.64. The zero-order valence-electron chi connectivity index (χ0n) is 11.7. The fraction of sp³-hybridized carbons (Fsp3) is 1.00. The third kappa shape index (κ3) is 4.42.